The Labute approximate surface area is 106 Å². The first kappa shape index (κ1) is 11.4. The normalized spacial score (nSPS) is 18.1. The molecule has 0 atom stereocenters. The average molecular weight is 309 g/mol. The van der Waals surface area contributed by atoms with E-state index >= 15 is 0 Å². The van der Waals surface area contributed by atoms with Crippen molar-refractivity contribution in [1.29, 1.82) is 0 Å². The number of carbonyl (C=O) groups excluding carboxylic acids is 1. The molecule has 1 saturated heterocycles. The van der Waals surface area contributed by atoms with Crippen LogP contribution in [0.5, 0.6) is 0 Å². The minimum Gasteiger partial charge on any atom is -0.339 e. The number of piperidine rings is 1. The lowest BCUT2D eigenvalue weighted by atomic mass is 10.1. The van der Waals surface area contributed by atoms with E-state index in [1.165, 1.54) is 0 Å². The van der Waals surface area contributed by atoms with Gasteiger partial charge in [0, 0.05) is 23.8 Å². The molecule has 2 nitrogen and oxygen atoms in total. The Morgan fingerprint density at radius 2 is 2.20 bits per heavy atom. The first-order valence-corrected chi connectivity index (χ1v) is 6.95. The van der Waals surface area contributed by atoms with Crippen LogP contribution in [-0.4, -0.2) is 29.3 Å². The fourth-order valence-electron chi connectivity index (χ4n) is 1.66. The van der Waals surface area contributed by atoms with E-state index < -0.39 is 0 Å². The number of amides is 1. The molecule has 0 radical (unpaired) electrons. The zero-order chi connectivity index (χ0) is 10.8. The molecule has 0 bridgehead atoms. The maximum absolute atomic E-state index is 12.0. The summed E-state index contributed by atoms with van der Waals surface area (Å²) < 4.78 is 0.998. The highest BCUT2D eigenvalue weighted by atomic mass is 79.9. The van der Waals surface area contributed by atoms with Crippen LogP contribution in [0.25, 0.3) is 0 Å². The number of rotatable bonds is 1. The van der Waals surface area contributed by atoms with Crippen LogP contribution in [0.1, 0.15) is 23.2 Å². The molecular weight excluding hydrogens is 298 g/mol. The van der Waals surface area contributed by atoms with E-state index in [9.17, 15) is 4.79 Å². The smallest absolute Gasteiger partial charge is 0.254 e. The van der Waals surface area contributed by atoms with Crippen molar-refractivity contribution >= 4 is 44.8 Å². The quantitative estimate of drug-likeness (QED) is 0.729. The molecular formula is C10H11BrClNOS. The van der Waals surface area contributed by atoms with Gasteiger partial charge in [-0.2, -0.15) is 0 Å². The van der Waals surface area contributed by atoms with E-state index in [1.807, 2.05) is 16.3 Å². The van der Waals surface area contributed by atoms with Crippen LogP contribution in [0.4, 0.5) is 0 Å². The number of likely N-dealkylation sites (tertiary alicyclic amines) is 1. The van der Waals surface area contributed by atoms with Crippen molar-refractivity contribution in [2.24, 2.45) is 0 Å². The van der Waals surface area contributed by atoms with Gasteiger partial charge in [-0.15, -0.1) is 22.9 Å². The van der Waals surface area contributed by atoms with Gasteiger partial charge >= 0.3 is 0 Å². The van der Waals surface area contributed by atoms with Gasteiger partial charge in [0.05, 0.1) is 9.35 Å². The van der Waals surface area contributed by atoms with Crippen LogP contribution in [0, 0.1) is 0 Å². The van der Waals surface area contributed by atoms with Gasteiger partial charge < -0.3 is 4.90 Å². The van der Waals surface area contributed by atoms with Crippen molar-refractivity contribution in [3.05, 3.63) is 20.8 Å². The molecule has 0 aliphatic carbocycles. The standard InChI is InChI=1S/C10H11BrClNOS/c11-9-5-7(6-15-9)10(14)13-3-1-8(12)2-4-13/h5-6,8H,1-4H2. The summed E-state index contributed by atoms with van der Waals surface area (Å²) in [4.78, 5) is 13.9. The van der Waals surface area contributed by atoms with Crippen LogP contribution >= 0.6 is 38.9 Å². The Bertz CT molecular complexity index is 360. The number of carbonyl (C=O) groups is 1. The second-order valence-electron chi connectivity index (χ2n) is 3.61. The van der Waals surface area contributed by atoms with Crippen LogP contribution in [0.2, 0.25) is 0 Å². The van der Waals surface area contributed by atoms with E-state index in [4.69, 9.17) is 11.6 Å². The average Bonchev–Trinajstić information content (AvgIpc) is 2.65. The number of alkyl halides is 1. The van der Waals surface area contributed by atoms with E-state index in [0.717, 1.165) is 35.3 Å². The lowest BCUT2D eigenvalue weighted by Crippen LogP contribution is -2.38. The lowest BCUT2D eigenvalue weighted by molar-refractivity contribution is 0.0727. The number of halogens is 2. The molecule has 82 valence electrons. The number of nitrogens with zero attached hydrogens (tertiary/aromatic N) is 1. The summed E-state index contributed by atoms with van der Waals surface area (Å²) in [6.07, 6.45) is 1.80. The Hall–Kier alpha value is -0.0600. The van der Waals surface area contributed by atoms with Crippen molar-refractivity contribution in [2.45, 2.75) is 18.2 Å². The van der Waals surface area contributed by atoms with Gasteiger partial charge in [-0.25, -0.2) is 0 Å². The summed E-state index contributed by atoms with van der Waals surface area (Å²) in [5, 5.41) is 2.13. The predicted molar refractivity (Wildman–Crippen MR) is 66.8 cm³/mol. The maximum Gasteiger partial charge on any atom is 0.254 e. The SMILES string of the molecule is O=C(c1csc(Br)c1)N1CCC(Cl)CC1. The third-order valence-corrected chi connectivity index (χ3v) is 4.47. The molecule has 1 fully saturated rings. The molecule has 0 saturated carbocycles. The Morgan fingerprint density at radius 3 is 2.73 bits per heavy atom. The molecule has 0 aromatic carbocycles. The summed E-state index contributed by atoms with van der Waals surface area (Å²) in [6.45, 7) is 1.56. The third-order valence-electron chi connectivity index (χ3n) is 2.53. The Kier molecular flexibility index (Phi) is 3.69. The number of hydrogen-bond donors (Lipinski definition) is 0. The van der Waals surface area contributed by atoms with Crippen molar-refractivity contribution in [1.82, 2.24) is 4.90 Å². The molecule has 5 heteroatoms. The highest BCUT2D eigenvalue weighted by molar-refractivity contribution is 9.11. The van der Waals surface area contributed by atoms with Crippen LogP contribution < -0.4 is 0 Å². The first-order chi connectivity index (χ1) is 7.16. The van der Waals surface area contributed by atoms with Gasteiger partial charge in [0.15, 0.2) is 0 Å². The predicted octanol–water partition coefficient (Wildman–Crippen LogP) is 3.35. The molecule has 1 aromatic heterocycles. The molecule has 2 rings (SSSR count). The van der Waals surface area contributed by atoms with E-state index in [0.29, 0.717) is 0 Å². The van der Waals surface area contributed by atoms with Crippen LogP contribution in [0.15, 0.2) is 15.2 Å². The molecule has 0 unspecified atom stereocenters. The summed E-state index contributed by atoms with van der Waals surface area (Å²) >= 11 is 10.9. The number of hydrogen-bond acceptors (Lipinski definition) is 2. The zero-order valence-corrected chi connectivity index (χ0v) is 11.2. The molecule has 1 amide bonds. The van der Waals surface area contributed by atoms with Gasteiger partial charge in [-0.3, -0.25) is 4.79 Å². The van der Waals surface area contributed by atoms with Crippen molar-refractivity contribution in [3.8, 4) is 0 Å². The molecule has 1 aromatic rings. The maximum atomic E-state index is 12.0. The second-order valence-corrected chi connectivity index (χ2v) is 6.51. The van der Waals surface area contributed by atoms with Gasteiger partial charge in [-0.1, -0.05) is 0 Å². The van der Waals surface area contributed by atoms with Gasteiger partial charge in [0.2, 0.25) is 0 Å². The first-order valence-electron chi connectivity index (χ1n) is 4.84. The second kappa shape index (κ2) is 4.85. The van der Waals surface area contributed by atoms with Crippen LogP contribution in [0.3, 0.4) is 0 Å². The molecule has 0 spiro atoms. The highest BCUT2D eigenvalue weighted by Gasteiger charge is 2.22. The van der Waals surface area contributed by atoms with Crippen molar-refractivity contribution in [3.63, 3.8) is 0 Å². The van der Waals surface area contributed by atoms with E-state index in [1.54, 1.807) is 11.3 Å². The lowest BCUT2D eigenvalue weighted by Gasteiger charge is -2.29. The Morgan fingerprint density at radius 1 is 1.53 bits per heavy atom. The molecule has 1 aliphatic heterocycles. The van der Waals surface area contributed by atoms with Crippen molar-refractivity contribution in [2.75, 3.05) is 13.1 Å². The fraction of sp³-hybridized carbons (Fsp3) is 0.500. The largest absolute Gasteiger partial charge is 0.339 e. The number of thiophene rings is 1. The fourth-order valence-corrected chi connectivity index (χ4v) is 2.98. The van der Waals surface area contributed by atoms with Gasteiger partial charge in [-0.05, 0) is 34.8 Å². The van der Waals surface area contributed by atoms with Crippen molar-refractivity contribution < 1.29 is 4.79 Å². The van der Waals surface area contributed by atoms with Crippen LogP contribution in [-0.2, 0) is 0 Å². The molecule has 0 N–H and O–H groups in total. The minimum atomic E-state index is 0.125. The summed E-state index contributed by atoms with van der Waals surface area (Å²) in [7, 11) is 0. The van der Waals surface area contributed by atoms with Gasteiger partial charge in [0.1, 0.15) is 0 Å². The molecule has 15 heavy (non-hydrogen) atoms. The van der Waals surface area contributed by atoms with E-state index in [2.05, 4.69) is 15.9 Å². The highest BCUT2D eigenvalue weighted by Crippen LogP contribution is 2.23. The van der Waals surface area contributed by atoms with E-state index in [-0.39, 0.29) is 11.3 Å². The zero-order valence-electron chi connectivity index (χ0n) is 8.08. The molecule has 1 aliphatic rings. The monoisotopic (exact) mass is 307 g/mol. The summed E-state index contributed by atoms with van der Waals surface area (Å²) in [6, 6.07) is 1.87. The Balaban J connectivity index is 2.02. The van der Waals surface area contributed by atoms with Gasteiger partial charge in [0.25, 0.3) is 5.91 Å². The molecule has 2 heterocycles. The minimum absolute atomic E-state index is 0.125. The summed E-state index contributed by atoms with van der Waals surface area (Å²) in [5.41, 5.74) is 0.778. The topological polar surface area (TPSA) is 20.3 Å². The third kappa shape index (κ3) is 2.74. The summed E-state index contributed by atoms with van der Waals surface area (Å²) in [5.74, 6) is 0.125.